The molecule has 0 radical (unpaired) electrons. The lowest BCUT2D eigenvalue weighted by Crippen LogP contribution is -2.39. The zero-order valence-electron chi connectivity index (χ0n) is 12.6. The number of aryl methyl sites for hydroxylation is 1. The lowest BCUT2D eigenvalue weighted by Gasteiger charge is -2.32. The van der Waals surface area contributed by atoms with Crippen LogP contribution in [0.3, 0.4) is 0 Å². The van der Waals surface area contributed by atoms with E-state index in [0.29, 0.717) is 6.61 Å². The summed E-state index contributed by atoms with van der Waals surface area (Å²) < 4.78 is 6.55. The second-order valence-electron chi connectivity index (χ2n) is 5.85. The van der Waals surface area contributed by atoms with E-state index in [1.165, 1.54) is 16.7 Å². The lowest BCUT2D eigenvalue weighted by atomic mass is 9.74. The van der Waals surface area contributed by atoms with Crippen LogP contribution in [0.4, 0.5) is 0 Å². The number of rotatable bonds is 3. The molecular weight excluding hydrogens is 282 g/mol. The molecule has 1 saturated carbocycles. The molecule has 112 valence electrons. The van der Waals surface area contributed by atoms with Gasteiger partial charge < -0.3 is 4.74 Å². The van der Waals surface area contributed by atoms with E-state index >= 15 is 0 Å². The van der Waals surface area contributed by atoms with Crippen molar-refractivity contribution in [3.8, 4) is 0 Å². The Morgan fingerprint density at radius 3 is 2.81 bits per heavy atom. The van der Waals surface area contributed by atoms with Crippen LogP contribution in [0, 0.1) is 6.92 Å². The van der Waals surface area contributed by atoms with Gasteiger partial charge in [0, 0.05) is 0 Å². The van der Waals surface area contributed by atoms with Gasteiger partial charge in [0.1, 0.15) is 10.4 Å². The summed E-state index contributed by atoms with van der Waals surface area (Å²) in [5.41, 5.74) is 1.72. The van der Waals surface area contributed by atoms with Crippen molar-refractivity contribution in [2.75, 3.05) is 6.61 Å². The van der Waals surface area contributed by atoms with Crippen molar-refractivity contribution in [2.24, 2.45) is 0 Å². The summed E-state index contributed by atoms with van der Waals surface area (Å²) in [6.45, 7) is 4.39. The minimum absolute atomic E-state index is 0.0829. The normalized spacial score (nSPS) is 17.8. The standard InChI is InChI=1S/C17H21NO2S/c1-3-20-16(19)17(9-5-4-6-10-17)15-18-13-8-7-12(2)11-14(13)21-15/h7-8,11H,3-6,9-10H2,1-2H3. The minimum atomic E-state index is -0.508. The topological polar surface area (TPSA) is 39.2 Å². The van der Waals surface area contributed by atoms with E-state index in [9.17, 15) is 4.79 Å². The van der Waals surface area contributed by atoms with E-state index in [1.807, 2.05) is 13.0 Å². The Balaban J connectivity index is 2.07. The first-order valence-corrected chi connectivity index (χ1v) is 8.52. The average Bonchev–Trinajstić information content (AvgIpc) is 2.91. The number of aromatic nitrogens is 1. The van der Waals surface area contributed by atoms with Crippen LogP contribution in [0.2, 0.25) is 0 Å². The summed E-state index contributed by atoms with van der Waals surface area (Å²) in [6.07, 6.45) is 5.09. The lowest BCUT2D eigenvalue weighted by molar-refractivity contribution is -0.151. The van der Waals surface area contributed by atoms with Crippen LogP contribution < -0.4 is 0 Å². The molecule has 21 heavy (non-hydrogen) atoms. The van der Waals surface area contributed by atoms with Gasteiger partial charge in [0.25, 0.3) is 0 Å². The minimum Gasteiger partial charge on any atom is -0.465 e. The maximum absolute atomic E-state index is 12.6. The van der Waals surface area contributed by atoms with Crippen molar-refractivity contribution in [1.29, 1.82) is 0 Å². The molecule has 2 aromatic rings. The molecule has 3 nitrogen and oxygen atoms in total. The molecule has 4 heteroatoms. The zero-order chi connectivity index (χ0) is 14.9. The summed E-state index contributed by atoms with van der Waals surface area (Å²) in [5.74, 6) is -0.0829. The zero-order valence-corrected chi connectivity index (χ0v) is 13.5. The van der Waals surface area contributed by atoms with E-state index in [2.05, 4.69) is 19.1 Å². The average molecular weight is 303 g/mol. The Kier molecular flexibility index (Phi) is 3.98. The van der Waals surface area contributed by atoms with Crippen LogP contribution in [0.15, 0.2) is 18.2 Å². The summed E-state index contributed by atoms with van der Waals surface area (Å²) in [6, 6.07) is 6.27. The molecule has 0 amide bonds. The van der Waals surface area contributed by atoms with Gasteiger partial charge in [0.2, 0.25) is 0 Å². The molecule has 3 rings (SSSR count). The molecule has 0 aliphatic heterocycles. The van der Waals surface area contributed by atoms with Crippen molar-refractivity contribution in [1.82, 2.24) is 4.98 Å². The number of fused-ring (bicyclic) bond motifs is 1. The number of hydrogen-bond acceptors (Lipinski definition) is 4. The molecule has 0 bridgehead atoms. The Labute approximate surface area is 129 Å². The number of hydrogen-bond donors (Lipinski definition) is 0. The van der Waals surface area contributed by atoms with Crippen LogP contribution in [-0.2, 0) is 14.9 Å². The highest BCUT2D eigenvalue weighted by Crippen LogP contribution is 2.43. The molecule has 0 saturated heterocycles. The number of esters is 1. The highest BCUT2D eigenvalue weighted by molar-refractivity contribution is 7.18. The smallest absolute Gasteiger partial charge is 0.319 e. The first-order valence-electron chi connectivity index (χ1n) is 7.70. The van der Waals surface area contributed by atoms with Gasteiger partial charge in [-0.3, -0.25) is 4.79 Å². The molecule has 1 aliphatic carbocycles. The number of carbonyl (C=O) groups is 1. The van der Waals surface area contributed by atoms with E-state index < -0.39 is 5.41 Å². The van der Waals surface area contributed by atoms with Gasteiger partial charge in [0.15, 0.2) is 0 Å². The van der Waals surface area contributed by atoms with Crippen LogP contribution in [0.25, 0.3) is 10.2 Å². The molecule has 0 N–H and O–H groups in total. The molecule has 1 fully saturated rings. The molecule has 1 heterocycles. The largest absolute Gasteiger partial charge is 0.465 e. The Morgan fingerprint density at radius 1 is 1.33 bits per heavy atom. The highest BCUT2D eigenvalue weighted by Gasteiger charge is 2.45. The Bertz CT molecular complexity index is 656. The van der Waals surface area contributed by atoms with Crippen LogP contribution in [-0.4, -0.2) is 17.6 Å². The van der Waals surface area contributed by atoms with Crippen molar-refractivity contribution in [2.45, 2.75) is 51.4 Å². The fourth-order valence-corrected chi connectivity index (χ4v) is 4.46. The summed E-state index contributed by atoms with van der Waals surface area (Å²) in [4.78, 5) is 17.4. The number of ether oxygens (including phenoxy) is 1. The van der Waals surface area contributed by atoms with Crippen molar-refractivity contribution < 1.29 is 9.53 Å². The maximum Gasteiger partial charge on any atom is 0.319 e. The third-order valence-corrected chi connectivity index (χ3v) is 5.55. The quantitative estimate of drug-likeness (QED) is 0.790. The highest BCUT2D eigenvalue weighted by atomic mass is 32.1. The van der Waals surface area contributed by atoms with Gasteiger partial charge in [-0.1, -0.05) is 25.3 Å². The van der Waals surface area contributed by atoms with Gasteiger partial charge in [-0.15, -0.1) is 11.3 Å². The predicted octanol–water partition coefficient (Wildman–Crippen LogP) is 4.37. The predicted molar refractivity (Wildman–Crippen MR) is 85.8 cm³/mol. The molecule has 0 spiro atoms. The first-order chi connectivity index (χ1) is 10.2. The fourth-order valence-electron chi connectivity index (χ4n) is 3.17. The summed E-state index contributed by atoms with van der Waals surface area (Å²) >= 11 is 1.66. The summed E-state index contributed by atoms with van der Waals surface area (Å²) in [7, 11) is 0. The third-order valence-electron chi connectivity index (χ3n) is 4.33. The fraction of sp³-hybridized carbons (Fsp3) is 0.529. The first kappa shape index (κ1) is 14.5. The monoisotopic (exact) mass is 303 g/mol. The third kappa shape index (κ3) is 2.57. The van der Waals surface area contributed by atoms with Crippen LogP contribution in [0.1, 0.15) is 49.6 Å². The van der Waals surface area contributed by atoms with Gasteiger partial charge in [-0.25, -0.2) is 4.98 Å². The molecule has 0 unspecified atom stereocenters. The van der Waals surface area contributed by atoms with Crippen LogP contribution in [0.5, 0.6) is 0 Å². The second kappa shape index (κ2) is 5.76. The molecule has 0 atom stereocenters. The van der Waals surface area contributed by atoms with Crippen molar-refractivity contribution in [3.05, 3.63) is 28.8 Å². The van der Waals surface area contributed by atoms with Gasteiger partial charge in [-0.05, 0) is 44.4 Å². The van der Waals surface area contributed by atoms with Crippen molar-refractivity contribution >= 4 is 27.5 Å². The Morgan fingerprint density at radius 2 is 2.10 bits per heavy atom. The van der Waals surface area contributed by atoms with Crippen molar-refractivity contribution in [3.63, 3.8) is 0 Å². The number of benzene rings is 1. The number of nitrogens with zero attached hydrogens (tertiary/aromatic N) is 1. The van der Waals surface area contributed by atoms with E-state index in [4.69, 9.17) is 9.72 Å². The van der Waals surface area contributed by atoms with Gasteiger partial charge >= 0.3 is 5.97 Å². The van der Waals surface area contributed by atoms with E-state index in [-0.39, 0.29) is 5.97 Å². The van der Waals surface area contributed by atoms with Crippen LogP contribution >= 0.6 is 11.3 Å². The molecule has 1 aromatic heterocycles. The number of carbonyl (C=O) groups excluding carboxylic acids is 1. The molecule has 1 aromatic carbocycles. The van der Waals surface area contributed by atoms with Gasteiger partial charge in [0.05, 0.1) is 16.8 Å². The molecular formula is C17H21NO2S. The van der Waals surface area contributed by atoms with E-state index in [0.717, 1.165) is 36.2 Å². The second-order valence-corrected chi connectivity index (χ2v) is 6.88. The molecule has 1 aliphatic rings. The maximum atomic E-state index is 12.6. The SMILES string of the molecule is CCOC(=O)C1(c2nc3ccc(C)cc3s2)CCCCC1. The summed E-state index contributed by atoms with van der Waals surface area (Å²) in [5, 5.41) is 0.946. The Hall–Kier alpha value is -1.42. The van der Waals surface area contributed by atoms with E-state index in [1.54, 1.807) is 11.3 Å². The van der Waals surface area contributed by atoms with Gasteiger partial charge in [-0.2, -0.15) is 0 Å². The number of thiazole rings is 1.